The lowest BCUT2D eigenvalue weighted by Crippen LogP contribution is -2.32. The molecular formula is C16H13ClFNO2. The second-order valence-corrected chi connectivity index (χ2v) is 5.37. The van der Waals surface area contributed by atoms with E-state index in [4.69, 9.17) is 16.3 Å². The molecule has 0 saturated heterocycles. The minimum atomic E-state index is -0.453. The molecule has 1 aliphatic rings. The third kappa shape index (κ3) is 3.00. The van der Waals surface area contributed by atoms with Crippen molar-refractivity contribution < 1.29 is 13.9 Å². The number of hydrogen-bond acceptors (Lipinski definition) is 2. The van der Waals surface area contributed by atoms with E-state index in [1.165, 1.54) is 12.1 Å². The van der Waals surface area contributed by atoms with Crippen LogP contribution in [0.2, 0.25) is 5.02 Å². The van der Waals surface area contributed by atoms with E-state index < -0.39 is 5.82 Å². The van der Waals surface area contributed by atoms with Crippen molar-refractivity contribution in [2.45, 2.75) is 6.42 Å². The van der Waals surface area contributed by atoms with E-state index in [1.807, 2.05) is 0 Å². The standard InChI is InChI=1S/C16H13ClFNO2/c17-12-5-6-15-10(8-12)7-11(9-21-15)16(20)19-14-4-2-1-3-13(14)18/h1-6,8,11H,7,9H2,(H,19,20)/t11-/m1/s1. The highest BCUT2D eigenvalue weighted by atomic mass is 35.5. The van der Waals surface area contributed by atoms with Crippen LogP contribution in [0.5, 0.6) is 5.75 Å². The number of para-hydroxylation sites is 1. The van der Waals surface area contributed by atoms with Crippen molar-refractivity contribution in [2.24, 2.45) is 5.92 Å². The Morgan fingerprint density at radius 3 is 2.90 bits per heavy atom. The van der Waals surface area contributed by atoms with E-state index in [-0.39, 0.29) is 24.1 Å². The first kappa shape index (κ1) is 13.9. The average molecular weight is 306 g/mol. The maximum absolute atomic E-state index is 13.5. The summed E-state index contributed by atoms with van der Waals surface area (Å²) in [7, 11) is 0. The lowest BCUT2D eigenvalue weighted by atomic mass is 9.96. The molecule has 5 heteroatoms. The van der Waals surface area contributed by atoms with Crippen molar-refractivity contribution in [3.8, 4) is 5.75 Å². The summed E-state index contributed by atoms with van der Waals surface area (Å²) in [5.41, 5.74) is 1.07. The quantitative estimate of drug-likeness (QED) is 0.919. The number of halogens is 2. The SMILES string of the molecule is O=C(Nc1ccccc1F)[C@H]1COc2ccc(Cl)cc2C1. The lowest BCUT2D eigenvalue weighted by Gasteiger charge is -2.24. The number of anilines is 1. The van der Waals surface area contributed by atoms with Crippen LogP contribution < -0.4 is 10.1 Å². The van der Waals surface area contributed by atoms with Crippen molar-refractivity contribution in [1.29, 1.82) is 0 Å². The normalized spacial score (nSPS) is 16.8. The summed E-state index contributed by atoms with van der Waals surface area (Å²) in [5, 5.41) is 3.20. The van der Waals surface area contributed by atoms with Gasteiger partial charge >= 0.3 is 0 Å². The van der Waals surface area contributed by atoms with Gasteiger partial charge in [-0.05, 0) is 42.3 Å². The Labute approximate surface area is 126 Å². The summed E-state index contributed by atoms with van der Waals surface area (Å²) in [5.74, 6) is -0.332. The monoisotopic (exact) mass is 305 g/mol. The molecule has 0 saturated carbocycles. The molecular weight excluding hydrogens is 293 g/mol. The summed E-state index contributed by atoms with van der Waals surface area (Å²) < 4.78 is 19.1. The van der Waals surface area contributed by atoms with Crippen LogP contribution in [0.1, 0.15) is 5.56 Å². The van der Waals surface area contributed by atoms with Crippen molar-refractivity contribution in [2.75, 3.05) is 11.9 Å². The number of nitrogens with one attached hydrogen (secondary N) is 1. The maximum atomic E-state index is 13.5. The molecule has 2 aromatic rings. The molecule has 108 valence electrons. The Balaban J connectivity index is 1.74. The van der Waals surface area contributed by atoms with Gasteiger partial charge < -0.3 is 10.1 Å². The number of hydrogen-bond donors (Lipinski definition) is 1. The highest BCUT2D eigenvalue weighted by Gasteiger charge is 2.26. The van der Waals surface area contributed by atoms with E-state index in [2.05, 4.69) is 5.32 Å². The molecule has 0 bridgehead atoms. The molecule has 0 aromatic heterocycles. The molecule has 21 heavy (non-hydrogen) atoms. The third-order valence-electron chi connectivity index (χ3n) is 3.43. The number of benzene rings is 2. The van der Waals surface area contributed by atoms with Gasteiger partial charge in [0.05, 0.1) is 11.6 Å². The second-order valence-electron chi connectivity index (χ2n) is 4.93. The van der Waals surface area contributed by atoms with Crippen LogP contribution in [0.4, 0.5) is 10.1 Å². The Bertz CT molecular complexity index is 690. The Hall–Kier alpha value is -2.07. The minimum Gasteiger partial charge on any atom is -0.492 e. The van der Waals surface area contributed by atoms with Gasteiger partial charge in [-0.15, -0.1) is 0 Å². The fourth-order valence-corrected chi connectivity index (χ4v) is 2.52. The Morgan fingerprint density at radius 2 is 2.10 bits per heavy atom. The van der Waals surface area contributed by atoms with E-state index in [0.29, 0.717) is 11.4 Å². The van der Waals surface area contributed by atoms with Crippen LogP contribution in [0, 0.1) is 11.7 Å². The van der Waals surface area contributed by atoms with Crippen LogP contribution in [0.3, 0.4) is 0 Å². The van der Waals surface area contributed by atoms with E-state index in [0.717, 1.165) is 11.3 Å². The molecule has 0 fully saturated rings. The molecule has 1 aliphatic heterocycles. The minimum absolute atomic E-state index is 0.180. The molecule has 0 unspecified atom stereocenters. The zero-order valence-corrected chi connectivity index (χ0v) is 11.9. The molecule has 1 heterocycles. The molecule has 0 radical (unpaired) electrons. The maximum Gasteiger partial charge on any atom is 0.231 e. The topological polar surface area (TPSA) is 38.3 Å². The van der Waals surface area contributed by atoms with E-state index >= 15 is 0 Å². The Kier molecular flexibility index (Phi) is 3.80. The van der Waals surface area contributed by atoms with Crippen LogP contribution in [-0.2, 0) is 11.2 Å². The number of amides is 1. The fraction of sp³-hybridized carbons (Fsp3) is 0.188. The second kappa shape index (κ2) is 5.74. The molecule has 1 N–H and O–H groups in total. The Morgan fingerprint density at radius 1 is 1.29 bits per heavy atom. The summed E-state index contributed by atoms with van der Waals surface area (Å²) in [6, 6.07) is 11.4. The molecule has 2 aromatic carbocycles. The van der Waals surface area contributed by atoms with Gasteiger partial charge in [-0.3, -0.25) is 4.79 Å². The number of carbonyl (C=O) groups excluding carboxylic acids is 1. The highest BCUT2D eigenvalue weighted by Crippen LogP contribution is 2.30. The number of rotatable bonds is 2. The molecule has 1 atom stereocenters. The van der Waals surface area contributed by atoms with Gasteiger partial charge in [0.25, 0.3) is 0 Å². The van der Waals surface area contributed by atoms with Crippen LogP contribution >= 0.6 is 11.6 Å². The fourth-order valence-electron chi connectivity index (χ4n) is 2.33. The van der Waals surface area contributed by atoms with Gasteiger partial charge in [-0.1, -0.05) is 23.7 Å². The molecule has 0 spiro atoms. The summed E-state index contributed by atoms with van der Waals surface area (Å²) >= 11 is 5.95. The van der Waals surface area contributed by atoms with Crippen LogP contribution in [-0.4, -0.2) is 12.5 Å². The average Bonchev–Trinajstić information content (AvgIpc) is 2.48. The van der Waals surface area contributed by atoms with Crippen molar-refractivity contribution in [3.05, 3.63) is 58.9 Å². The zero-order chi connectivity index (χ0) is 14.8. The summed E-state index contributed by atoms with van der Waals surface area (Å²) in [6.07, 6.45) is 0.524. The van der Waals surface area contributed by atoms with Gasteiger partial charge in [-0.25, -0.2) is 4.39 Å². The number of fused-ring (bicyclic) bond motifs is 1. The number of carbonyl (C=O) groups is 1. The third-order valence-corrected chi connectivity index (χ3v) is 3.67. The first-order chi connectivity index (χ1) is 10.1. The van der Waals surface area contributed by atoms with E-state index in [1.54, 1.807) is 30.3 Å². The smallest absolute Gasteiger partial charge is 0.231 e. The predicted octanol–water partition coefficient (Wildman–Crippen LogP) is 3.67. The molecule has 1 amide bonds. The van der Waals surface area contributed by atoms with Crippen molar-refractivity contribution in [1.82, 2.24) is 0 Å². The lowest BCUT2D eigenvalue weighted by molar-refractivity contribution is -0.121. The van der Waals surface area contributed by atoms with Gasteiger partial charge in [-0.2, -0.15) is 0 Å². The van der Waals surface area contributed by atoms with Crippen LogP contribution in [0.15, 0.2) is 42.5 Å². The molecule has 3 nitrogen and oxygen atoms in total. The first-order valence-corrected chi connectivity index (χ1v) is 6.98. The van der Waals surface area contributed by atoms with Crippen molar-refractivity contribution in [3.63, 3.8) is 0 Å². The highest BCUT2D eigenvalue weighted by molar-refractivity contribution is 6.30. The number of ether oxygens (including phenoxy) is 1. The van der Waals surface area contributed by atoms with E-state index in [9.17, 15) is 9.18 Å². The van der Waals surface area contributed by atoms with Gasteiger partial charge in [0.2, 0.25) is 5.91 Å². The zero-order valence-electron chi connectivity index (χ0n) is 11.1. The van der Waals surface area contributed by atoms with Gasteiger partial charge in [0, 0.05) is 5.02 Å². The van der Waals surface area contributed by atoms with Crippen molar-refractivity contribution >= 4 is 23.2 Å². The van der Waals surface area contributed by atoms with Crippen LogP contribution in [0.25, 0.3) is 0 Å². The molecule has 3 rings (SSSR count). The summed E-state index contributed by atoms with van der Waals surface area (Å²) in [6.45, 7) is 0.273. The predicted molar refractivity (Wildman–Crippen MR) is 79.2 cm³/mol. The van der Waals surface area contributed by atoms with Gasteiger partial charge in [0.1, 0.15) is 18.2 Å². The largest absolute Gasteiger partial charge is 0.492 e. The van der Waals surface area contributed by atoms with Gasteiger partial charge in [0.15, 0.2) is 0 Å². The summed E-state index contributed by atoms with van der Waals surface area (Å²) in [4.78, 5) is 12.2. The molecule has 0 aliphatic carbocycles. The first-order valence-electron chi connectivity index (χ1n) is 6.60.